The second-order valence-electron chi connectivity index (χ2n) is 6.81. The molecule has 1 fully saturated rings. The van der Waals surface area contributed by atoms with Gasteiger partial charge in [0.15, 0.2) is 5.43 Å². The lowest BCUT2D eigenvalue weighted by Gasteiger charge is -2.33. The van der Waals surface area contributed by atoms with E-state index in [1.165, 1.54) is 6.07 Å². The summed E-state index contributed by atoms with van der Waals surface area (Å²) in [6.07, 6.45) is 0. The summed E-state index contributed by atoms with van der Waals surface area (Å²) in [6.45, 7) is 4.93. The van der Waals surface area contributed by atoms with Gasteiger partial charge in [-0.15, -0.1) is 0 Å². The second kappa shape index (κ2) is 7.25. The van der Waals surface area contributed by atoms with E-state index in [0.717, 1.165) is 30.9 Å². The number of piperazine rings is 1. The maximum Gasteiger partial charge on any atom is 0.193 e. The van der Waals surface area contributed by atoms with Crippen molar-refractivity contribution in [3.8, 4) is 17.1 Å². The average molecular weight is 385 g/mol. The fourth-order valence-electron chi connectivity index (χ4n) is 3.47. The number of hydrogen-bond donors (Lipinski definition) is 1. The maximum absolute atomic E-state index is 12.7. The van der Waals surface area contributed by atoms with Crippen molar-refractivity contribution in [2.24, 2.45) is 0 Å². The summed E-state index contributed by atoms with van der Waals surface area (Å²) in [5, 5.41) is 4.49. The number of anilines is 1. The summed E-state index contributed by atoms with van der Waals surface area (Å²) >= 11 is 6.20. The summed E-state index contributed by atoms with van der Waals surface area (Å²) in [5.74, 6) is 1.07. The molecule has 0 unspecified atom stereocenters. The van der Waals surface area contributed by atoms with Crippen molar-refractivity contribution in [3.05, 3.63) is 57.7 Å². The maximum atomic E-state index is 12.7. The van der Waals surface area contributed by atoms with Crippen LogP contribution in [-0.2, 0) is 0 Å². The zero-order valence-electron chi connectivity index (χ0n) is 15.3. The highest BCUT2D eigenvalue weighted by Crippen LogP contribution is 2.31. The Bertz CT molecular complexity index is 1050. The molecular weight excluding hydrogens is 364 g/mol. The van der Waals surface area contributed by atoms with Crippen LogP contribution in [-0.4, -0.2) is 32.8 Å². The molecule has 4 rings (SSSR count). The van der Waals surface area contributed by atoms with Crippen LogP contribution in [0.5, 0.6) is 5.75 Å². The Morgan fingerprint density at radius 1 is 1.22 bits per heavy atom. The summed E-state index contributed by atoms with van der Waals surface area (Å²) in [6, 6.07) is 13.1. The number of fused-ring (bicyclic) bond motifs is 1. The number of nitrogens with one attached hydrogen (secondary N) is 1. The van der Waals surface area contributed by atoms with Crippen LogP contribution in [0.3, 0.4) is 0 Å². The van der Waals surface area contributed by atoms with E-state index in [0.29, 0.717) is 33.5 Å². The highest BCUT2D eigenvalue weighted by atomic mass is 35.5. The number of benzene rings is 2. The number of nitrogens with zero attached hydrogens (tertiary/aromatic N) is 1. The first-order valence-corrected chi connectivity index (χ1v) is 9.33. The van der Waals surface area contributed by atoms with Gasteiger partial charge in [-0.1, -0.05) is 11.6 Å². The van der Waals surface area contributed by atoms with Crippen molar-refractivity contribution >= 4 is 28.3 Å². The minimum Gasteiger partial charge on any atom is -0.495 e. The molecule has 2 aromatic carbocycles. The molecule has 1 N–H and O–H groups in total. The van der Waals surface area contributed by atoms with Gasteiger partial charge in [0, 0.05) is 43.0 Å². The molecular formula is C21H21ClN2O3. The van der Waals surface area contributed by atoms with E-state index in [1.54, 1.807) is 19.2 Å². The molecule has 1 aromatic heterocycles. The molecule has 0 spiro atoms. The van der Waals surface area contributed by atoms with Crippen LogP contribution in [0.15, 0.2) is 51.7 Å². The van der Waals surface area contributed by atoms with E-state index in [1.807, 2.05) is 24.3 Å². The van der Waals surface area contributed by atoms with E-state index >= 15 is 0 Å². The van der Waals surface area contributed by atoms with E-state index in [2.05, 4.69) is 17.1 Å². The number of ether oxygens (including phenoxy) is 1. The van der Waals surface area contributed by atoms with E-state index < -0.39 is 0 Å². The zero-order valence-corrected chi connectivity index (χ0v) is 16.0. The summed E-state index contributed by atoms with van der Waals surface area (Å²) in [5.41, 5.74) is 2.28. The van der Waals surface area contributed by atoms with E-state index in [-0.39, 0.29) is 5.43 Å². The minimum absolute atomic E-state index is 0.0665. The fourth-order valence-corrected chi connectivity index (χ4v) is 3.73. The molecule has 3 aromatic rings. The van der Waals surface area contributed by atoms with Crippen LogP contribution in [0.1, 0.15) is 6.92 Å². The smallest absolute Gasteiger partial charge is 0.193 e. The molecule has 0 bridgehead atoms. The Kier molecular flexibility index (Phi) is 4.81. The molecule has 1 atom stereocenters. The normalized spacial score (nSPS) is 17.3. The summed E-state index contributed by atoms with van der Waals surface area (Å²) in [7, 11) is 1.56. The van der Waals surface area contributed by atoms with Crippen molar-refractivity contribution in [1.82, 2.24) is 5.32 Å². The lowest BCUT2D eigenvalue weighted by atomic mass is 10.1. The van der Waals surface area contributed by atoms with Crippen molar-refractivity contribution in [2.45, 2.75) is 13.0 Å². The zero-order chi connectivity index (χ0) is 19.0. The molecule has 2 heterocycles. The minimum atomic E-state index is -0.0665. The third-order valence-electron chi connectivity index (χ3n) is 4.88. The van der Waals surface area contributed by atoms with Gasteiger partial charge in [0.25, 0.3) is 0 Å². The van der Waals surface area contributed by atoms with Gasteiger partial charge in [0.05, 0.1) is 17.5 Å². The van der Waals surface area contributed by atoms with E-state index in [4.69, 9.17) is 20.8 Å². The average Bonchev–Trinajstić information content (AvgIpc) is 2.67. The second-order valence-corrected chi connectivity index (χ2v) is 7.21. The van der Waals surface area contributed by atoms with Gasteiger partial charge in [0.2, 0.25) is 0 Å². The lowest BCUT2D eigenvalue weighted by molar-refractivity contribution is 0.415. The number of hydrogen-bond acceptors (Lipinski definition) is 5. The van der Waals surface area contributed by atoms with Crippen LogP contribution in [0.2, 0.25) is 5.02 Å². The Morgan fingerprint density at radius 2 is 2.07 bits per heavy atom. The van der Waals surface area contributed by atoms with Crippen molar-refractivity contribution in [1.29, 1.82) is 0 Å². The molecule has 5 nitrogen and oxygen atoms in total. The predicted octanol–water partition coefficient (Wildman–Crippen LogP) is 3.92. The Labute approximate surface area is 162 Å². The Balaban J connectivity index is 1.73. The van der Waals surface area contributed by atoms with Crippen LogP contribution < -0.4 is 20.4 Å². The topological polar surface area (TPSA) is 54.7 Å². The van der Waals surface area contributed by atoms with Gasteiger partial charge in [0.1, 0.15) is 17.1 Å². The van der Waals surface area contributed by atoms with Gasteiger partial charge in [-0.05, 0) is 43.3 Å². The molecule has 140 valence electrons. The molecule has 1 saturated heterocycles. The summed E-state index contributed by atoms with van der Waals surface area (Å²) < 4.78 is 11.2. The number of methoxy groups -OCH3 is 1. The third kappa shape index (κ3) is 3.53. The standard InChI is InChI=1S/C21H21ClN2O3/c1-13-12-24(8-7-23-13)15-4-6-19-16(10-15)18(25)11-21(27-19)14-3-5-20(26-2)17(22)9-14/h3-6,9-11,13,23H,7-8,12H2,1-2H3/t13-/m0/s1. The molecule has 6 heteroatoms. The highest BCUT2D eigenvalue weighted by molar-refractivity contribution is 6.32. The van der Waals surface area contributed by atoms with E-state index in [9.17, 15) is 4.79 Å². The van der Waals surface area contributed by atoms with Crippen LogP contribution in [0.4, 0.5) is 5.69 Å². The monoisotopic (exact) mass is 384 g/mol. The van der Waals surface area contributed by atoms with Gasteiger partial charge < -0.3 is 19.4 Å². The van der Waals surface area contributed by atoms with Gasteiger partial charge >= 0.3 is 0 Å². The fraction of sp³-hybridized carbons (Fsp3) is 0.286. The lowest BCUT2D eigenvalue weighted by Crippen LogP contribution is -2.49. The predicted molar refractivity (Wildman–Crippen MR) is 109 cm³/mol. The highest BCUT2D eigenvalue weighted by Gasteiger charge is 2.17. The SMILES string of the molecule is COc1ccc(-c2cc(=O)c3cc(N4CCN[C@@H](C)C4)ccc3o2)cc1Cl. The largest absolute Gasteiger partial charge is 0.495 e. The van der Waals surface area contributed by atoms with Gasteiger partial charge in [-0.2, -0.15) is 0 Å². The van der Waals surface area contributed by atoms with Crippen molar-refractivity contribution in [2.75, 3.05) is 31.6 Å². The molecule has 0 aliphatic carbocycles. The van der Waals surface area contributed by atoms with Crippen molar-refractivity contribution < 1.29 is 9.15 Å². The first kappa shape index (κ1) is 17.9. The number of halogens is 1. The first-order chi connectivity index (χ1) is 13.0. The van der Waals surface area contributed by atoms with Crippen LogP contribution >= 0.6 is 11.6 Å². The molecule has 1 aliphatic heterocycles. The molecule has 1 aliphatic rings. The Hall–Kier alpha value is -2.50. The Morgan fingerprint density at radius 3 is 2.81 bits per heavy atom. The molecule has 0 radical (unpaired) electrons. The summed E-state index contributed by atoms with van der Waals surface area (Å²) in [4.78, 5) is 15.0. The molecule has 0 saturated carbocycles. The number of rotatable bonds is 3. The third-order valence-corrected chi connectivity index (χ3v) is 5.18. The van der Waals surface area contributed by atoms with Crippen molar-refractivity contribution in [3.63, 3.8) is 0 Å². The molecule has 0 amide bonds. The van der Waals surface area contributed by atoms with Gasteiger partial charge in [-0.25, -0.2) is 0 Å². The van der Waals surface area contributed by atoms with Crippen LogP contribution in [0, 0.1) is 0 Å². The first-order valence-electron chi connectivity index (χ1n) is 8.95. The molecule has 27 heavy (non-hydrogen) atoms. The van der Waals surface area contributed by atoms with Gasteiger partial charge in [-0.3, -0.25) is 4.79 Å². The van der Waals surface area contributed by atoms with Crippen LogP contribution in [0.25, 0.3) is 22.3 Å². The quantitative estimate of drug-likeness (QED) is 0.741.